The van der Waals surface area contributed by atoms with Crippen LogP contribution in [-0.4, -0.2) is 41.4 Å². The number of amides is 1. The number of likely N-dealkylation sites (tertiary alicyclic amines) is 1. The van der Waals surface area contributed by atoms with Crippen LogP contribution >= 0.6 is 0 Å². The number of carbonyl (C=O) groups is 1. The van der Waals surface area contributed by atoms with Crippen molar-refractivity contribution in [1.29, 1.82) is 0 Å². The van der Waals surface area contributed by atoms with Crippen LogP contribution in [0.15, 0.2) is 72.8 Å². The molecule has 0 bridgehead atoms. The van der Waals surface area contributed by atoms with Crippen molar-refractivity contribution in [1.82, 2.24) is 4.90 Å². The van der Waals surface area contributed by atoms with Crippen LogP contribution in [0.5, 0.6) is 0 Å². The number of halogens is 1. The Morgan fingerprint density at radius 1 is 0.969 bits per heavy atom. The lowest BCUT2D eigenvalue weighted by molar-refractivity contribution is -0.0201. The number of rotatable bonds is 4. The molecule has 1 aliphatic heterocycles. The molecule has 4 nitrogen and oxygen atoms in total. The van der Waals surface area contributed by atoms with Crippen LogP contribution in [0.2, 0.25) is 0 Å². The first-order valence-corrected chi connectivity index (χ1v) is 11.1. The quantitative estimate of drug-likeness (QED) is 0.622. The van der Waals surface area contributed by atoms with Crippen LogP contribution in [0, 0.1) is 5.82 Å². The van der Waals surface area contributed by atoms with E-state index in [1.54, 1.807) is 11.0 Å². The van der Waals surface area contributed by atoms with E-state index in [4.69, 9.17) is 4.74 Å². The highest BCUT2D eigenvalue weighted by atomic mass is 19.1. The third-order valence-corrected chi connectivity index (χ3v) is 6.71. The van der Waals surface area contributed by atoms with Crippen molar-refractivity contribution >= 4 is 6.09 Å². The number of fused-ring (bicyclic) bond motifs is 3. The van der Waals surface area contributed by atoms with Crippen molar-refractivity contribution in [3.8, 4) is 11.1 Å². The molecule has 0 radical (unpaired) electrons. The average Bonchev–Trinajstić information content (AvgIpc) is 3.11. The Balaban J connectivity index is 1.20. The van der Waals surface area contributed by atoms with E-state index in [-0.39, 0.29) is 24.4 Å². The summed E-state index contributed by atoms with van der Waals surface area (Å²) in [4.78, 5) is 14.4. The van der Waals surface area contributed by atoms with Gasteiger partial charge in [-0.15, -0.1) is 0 Å². The van der Waals surface area contributed by atoms with E-state index in [1.807, 2.05) is 30.3 Å². The van der Waals surface area contributed by atoms with Gasteiger partial charge in [0, 0.05) is 25.4 Å². The van der Waals surface area contributed by atoms with Crippen molar-refractivity contribution in [3.63, 3.8) is 0 Å². The van der Waals surface area contributed by atoms with Gasteiger partial charge < -0.3 is 14.7 Å². The standard InChI is InChI=1S/C27H26FNO3/c28-20-7-5-6-19(16-20)17-27(31)12-14-29(15-13-27)26(30)32-18-25-23-10-3-1-8-21(23)22-9-2-4-11-24(22)25/h1-11,16,25,31H,12-15,17-18H2. The minimum absolute atomic E-state index is 0.0288. The maximum absolute atomic E-state index is 13.5. The fourth-order valence-electron chi connectivity index (χ4n) is 4.99. The Labute approximate surface area is 187 Å². The van der Waals surface area contributed by atoms with E-state index in [1.165, 1.54) is 34.4 Å². The molecule has 164 valence electrons. The van der Waals surface area contributed by atoms with Gasteiger partial charge in [-0.2, -0.15) is 0 Å². The smallest absolute Gasteiger partial charge is 0.409 e. The lowest BCUT2D eigenvalue weighted by Gasteiger charge is -2.38. The van der Waals surface area contributed by atoms with E-state index < -0.39 is 5.60 Å². The lowest BCUT2D eigenvalue weighted by atomic mass is 9.85. The maximum Gasteiger partial charge on any atom is 0.409 e. The Morgan fingerprint density at radius 2 is 1.59 bits per heavy atom. The highest BCUT2D eigenvalue weighted by Crippen LogP contribution is 2.44. The number of hydrogen-bond donors (Lipinski definition) is 1. The molecular weight excluding hydrogens is 405 g/mol. The molecule has 3 aromatic rings. The Morgan fingerprint density at radius 3 is 2.22 bits per heavy atom. The summed E-state index contributed by atoms with van der Waals surface area (Å²) in [5, 5.41) is 10.9. The lowest BCUT2D eigenvalue weighted by Crippen LogP contribution is -2.48. The summed E-state index contributed by atoms with van der Waals surface area (Å²) in [6.07, 6.45) is 0.907. The van der Waals surface area contributed by atoms with Crippen LogP contribution < -0.4 is 0 Å². The molecule has 1 amide bonds. The predicted octanol–water partition coefficient (Wildman–Crippen LogP) is 5.14. The summed E-state index contributed by atoms with van der Waals surface area (Å²) in [5.41, 5.74) is 4.60. The van der Waals surface area contributed by atoms with Gasteiger partial charge in [-0.25, -0.2) is 9.18 Å². The number of piperidine rings is 1. The Hall–Kier alpha value is -3.18. The fraction of sp³-hybridized carbons (Fsp3) is 0.296. The maximum atomic E-state index is 13.5. The molecule has 1 saturated heterocycles. The first-order chi connectivity index (χ1) is 15.5. The zero-order valence-corrected chi connectivity index (χ0v) is 17.8. The highest BCUT2D eigenvalue weighted by Gasteiger charge is 2.35. The predicted molar refractivity (Wildman–Crippen MR) is 121 cm³/mol. The molecule has 32 heavy (non-hydrogen) atoms. The van der Waals surface area contributed by atoms with Crippen LogP contribution in [0.1, 0.15) is 35.4 Å². The minimum atomic E-state index is -0.937. The molecule has 0 spiro atoms. The van der Waals surface area contributed by atoms with Gasteiger partial charge in [0.25, 0.3) is 0 Å². The molecule has 0 atom stereocenters. The molecule has 0 aromatic heterocycles. The van der Waals surface area contributed by atoms with Crippen LogP contribution in [0.3, 0.4) is 0 Å². The SMILES string of the molecule is O=C(OCC1c2ccccc2-c2ccccc21)N1CCC(O)(Cc2cccc(F)c2)CC1. The van der Waals surface area contributed by atoms with Gasteiger partial charge in [-0.1, -0.05) is 60.7 Å². The highest BCUT2D eigenvalue weighted by molar-refractivity contribution is 5.79. The molecule has 3 aromatic carbocycles. The minimum Gasteiger partial charge on any atom is -0.448 e. The number of carbonyl (C=O) groups excluding carboxylic acids is 1. The molecule has 1 aliphatic carbocycles. The first-order valence-electron chi connectivity index (χ1n) is 11.1. The summed E-state index contributed by atoms with van der Waals surface area (Å²) in [6, 6.07) is 22.8. The molecule has 0 saturated carbocycles. The third kappa shape index (κ3) is 4.00. The van der Waals surface area contributed by atoms with Gasteiger partial charge in [-0.3, -0.25) is 0 Å². The average molecular weight is 432 g/mol. The van der Waals surface area contributed by atoms with Gasteiger partial charge in [0.05, 0.1) is 5.60 Å². The molecular formula is C27H26FNO3. The summed E-state index contributed by atoms with van der Waals surface area (Å²) in [7, 11) is 0. The van der Waals surface area contributed by atoms with Crippen molar-refractivity contribution in [2.24, 2.45) is 0 Å². The summed E-state index contributed by atoms with van der Waals surface area (Å²) in [5.74, 6) is -0.275. The molecule has 1 fully saturated rings. The number of nitrogens with zero attached hydrogens (tertiary/aromatic N) is 1. The monoisotopic (exact) mass is 431 g/mol. The molecule has 2 aliphatic rings. The van der Waals surface area contributed by atoms with Gasteiger partial charge in [-0.05, 0) is 52.8 Å². The van der Waals surface area contributed by atoms with E-state index in [2.05, 4.69) is 24.3 Å². The van der Waals surface area contributed by atoms with Gasteiger partial charge in [0.15, 0.2) is 0 Å². The molecule has 5 heteroatoms. The number of ether oxygens (including phenoxy) is 1. The second-order valence-corrected chi connectivity index (χ2v) is 8.82. The Kier molecular flexibility index (Phi) is 5.43. The van der Waals surface area contributed by atoms with Crippen LogP contribution in [0.25, 0.3) is 11.1 Å². The molecule has 0 unspecified atom stereocenters. The van der Waals surface area contributed by atoms with Crippen molar-refractivity contribution in [2.75, 3.05) is 19.7 Å². The number of benzene rings is 3. The largest absolute Gasteiger partial charge is 0.448 e. The normalized spacial score (nSPS) is 17.0. The van der Waals surface area contributed by atoms with Gasteiger partial charge >= 0.3 is 6.09 Å². The summed E-state index contributed by atoms with van der Waals surface area (Å²) >= 11 is 0. The number of aliphatic hydroxyl groups is 1. The van der Waals surface area contributed by atoms with E-state index >= 15 is 0 Å². The Bertz CT molecular complexity index is 1090. The van der Waals surface area contributed by atoms with Crippen LogP contribution in [-0.2, 0) is 11.2 Å². The van der Waals surface area contributed by atoms with Crippen molar-refractivity contribution < 1.29 is 19.0 Å². The molecule has 1 N–H and O–H groups in total. The van der Waals surface area contributed by atoms with E-state index in [0.29, 0.717) is 32.4 Å². The second kappa shape index (κ2) is 8.40. The summed E-state index contributed by atoms with van der Waals surface area (Å²) < 4.78 is 19.2. The number of hydrogen-bond acceptors (Lipinski definition) is 3. The topological polar surface area (TPSA) is 49.8 Å². The molecule has 5 rings (SSSR count). The van der Waals surface area contributed by atoms with Crippen molar-refractivity contribution in [3.05, 3.63) is 95.3 Å². The van der Waals surface area contributed by atoms with E-state index in [9.17, 15) is 14.3 Å². The second-order valence-electron chi connectivity index (χ2n) is 8.82. The fourth-order valence-corrected chi connectivity index (χ4v) is 4.99. The zero-order valence-electron chi connectivity index (χ0n) is 17.8. The van der Waals surface area contributed by atoms with Crippen molar-refractivity contribution in [2.45, 2.75) is 30.8 Å². The zero-order chi connectivity index (χ0) is 22.1. The summed E-state index contributed by atoms with van der Waals surface area (Å²) in [6.45, 7) is 1.13. The van der Waals surface area contributed by atoms with Gasteiger partial charge in [0.1, 0.15) is 12.4 Å². The van der Waals surface area contributed by atoms with E-state index in [0.717, 1.165) is 5.56 Å². The van der Waals surface area contributed by atoms with Crippen LogP contribution in [0.4, 0.5) is 9.18 Å². The first kappa shape index (κ1) is 20.7. The molecule has 1 heterocycles. The third-order valence-electron chi connectivity index (χ3n) is 6.71. The van der Waals surface area contributed by atoms with Gasteiger partial charge in [0.2, 0.25) is 0 Å².